The van der Waals surface area contributed by atoms with Gasteiger partial charge in [0.1, 0.15) is 0 Å². The van der Waals surface area contributed by atoms with Crippen LogP contribution in [0.1, 0.15) is 46.0 Å². The van der Waals surface area contributed by atoms with Gasteiger partial charge in [-0.15, -0.1) is 0 Å². The van der Waals surface area contributed by atoms with E-state index in [9.17, 15) is 0 Å². The lowest BCUT2D eigenvalue weighted by Crippen LogP contribution is -2.54. The van der Waals surface area contributed by atoms with Crippen LogP contribution in [0.5, 0.6) is 0 Å². The first-order chi connectivity index (χ1) is 8.62. The second-order valence-electron chi connectivity index (χ2n) is 6.40. The minimum absolute atomic E-state index is 0.229. The van der Waals surface area contributed by atoms with E-state index < -0.39 is 0 Å². The summed E-state index contributed by atoms with van der Waals surface area (Å²) < 4.78 is 11.8. The molecule has 3 heteroatoms. The van der Waals surface area contributed by atoms with Crippen LogP contribution in [-0.2, 0) is 9.47 Å². The van der Waals surface area contributed by atoms with Crippen molar-refractivity contribution in [2.75, 3.05) is 20.8 Å². The van der Waals surface area contributed by atoms with Crippen LogP contribution < -0.4 is 5.32 Å². The Morgan fingerprint density at radius 2 is 2.06 bits per heavy atom. The van der Waals surface area contributed by atoms with Crippen LogP contribution in [0.15, 0.2) is 0 Å². The Balaban J connectivity index is 2.02. The molecule has 1 N–H and O–H groups in total. The van der Waals surface area contributed by atoms with Gasteiger partial charge in [0.15, 0.2) is 0 Å². The van der Waals surface area contributed by atoms with Gasteiger partial charge in [-0.1, -0.05) is 13.8 Å². The average Bonchev–Trinajstić information content (AvgIpc) is 2.33. The quantitative estimate of drug-likeness (QED) is 0.819. The molecule has 3 atom stereocenters. The van der Waals surface area contributed by atoms with Crippen molar-refractivity contribution >= 4 is 0 Å². The fourth-order valence-electron chi connectivity index (χ4n) is 3.79. The van der Waals surface area contributed by atoms with E-state index in [2.05, 4.69) is 26.2 Å². The zero-order valence-electron chi connectivity index (χ0n) is 12.4. The van der Waals surface area contributed by atoms with Crippen LogP contribution in [0.2, 0.25) is 0 Å². The molecule has 0 aromatic rings. The summed E-state index contributed by atoms with van der Waals surface area (Å²) in [5, 5.41) is 3.51. The Kier molecular flexibility index (Phi) is 4.68. The second kappa shape index (κ2) is 5.89. The summed E-state index contributed by atoms with van der Waals surface area (Å²) in [6, 6.07) is 0.455. The first-order valence-electron chi connectivity index (χ1n) is 7.46. The summed E-state index contributed by atoms with van der Waals surface area (Å²) in [5.74, 6) is 1.24. The van der Waals surface area contributed by atoms with Crippen molar-refractivity contribution in [2.45, 2.75) is 63.7 Å². The minimum atomic E-state index is 0.229. The summed E-state index contributed by atoms with van der Waals surface area (Å²) in [6.07, 6.45) is 6.55. The van der Waals surface area contributed by atoms with Gasteiger partial charge in [-0.2, -0.15) is 0 Å². The molecule has 1 aliphatic carbocycles. The molecule has 1 spiro atoms. The second-order valence-corrected chi connectivity index (χ2v) is 6.40. The van der Waals surface area contributed by atoms with Crippen LogP contribution in [0.4, 0.5) is 0 Å². The molecule has 0 radical (unpaired) electrons. The summed E-state index contributed by atoms with van der Waals surface area (Å²) in [6.45, 7) is 5.42. The van der Waals surface area contributed by atoms with Gasteiger partial charge in [0.25, 0.3) is 0 Å². The minimum Gasteiger partial charge on any atom is -0.380 e. The van der Waals surface area contributed by atoms with Crippen molar-refractivity contribution in [2.24, 2.45) is 11.8 Å². The van der Waals surface area contributed by atoms with Gasteiger partial charge in [0.05, 0.1) is 11.7 Å². The van der Waals surface area contributed by atoms with Crippen LogP contribution in [0.25, 0.3) is 0 Å². The Hall–Kier alpha value is -0.120. The predicted octanol–water partition coefficient (Wildman–Crippen LogP) is 2.59. The van der Waals surface area contributed by atoms with Crippen molar-refractivity contribution in [3.05, 3.63) is 0 Å². The Labute approximate surface area is 112 Å². The van der Waals surface area contributed by atoms with Gasteiger partial charge in [-0.25, -0.2) is 0 Å². The number of ether oxygens (including phenoxy) is 2. The lowest BCUT2D eigenvalue weighted by molar-refractivity contribution is -0.153. The fraction of sp³-hybridized carbons (Fsp3) is 1.00. The van der Waals surface area contributed by atoms with E-state index in [1.807, 2.05) is 7.11 Å². The molecule has 3 nitrogen and oxygen atoms in total. The molecule has 3 unspecified atom stereocenters. The lowest BCUT2D eigenvalue weighted by Gasteiger charge is -2.49. The van der Waals surface area contributed by atoms with Crippen LogP contribution in [0, 0.1) is 11.8 Å². The largest absolute Gasteiger partial charge is 0.380 e. The highest BCUT2D eigenvalue weighted by atomic mass is 16.5. The monoisotopic (exact) mass is 255 g/mol. The van der Waals surface area contributed by atoms with Crippen LogP contribution in [-0.4, -0.2) is 38.5 Å². The highest BCUT2D eigenvalue weighted by Crippen LogP contribution is 2.45. The maximum atomic E-state index is 6.03. The molecule has 2 aliphatic rings. The maximum absolute atomic E-state index is 6.03. The first kappa shape index (κ1) is 14.3. The van der Waals surface area contributed by atoms with Crippen molar-refractivity contribution in [3.63, 3.8) is 0 Å². The number of nitrogens with one attached hydrogen (secondary N) is 1. The molecule has 0 aromatic carbocycles. The lowest BCUT2D eigenvalue weighted by atomic mass is 9.69. The fourth-order valence-corrected chi connectivity index (χ4v) is 3.79. The van der Waals surface area contributed by atoms with E-state index in [-0.39, 0.29) is 5.60 Å². The topological polar surface area (TPSA) is 30.5 Å². The standard InChI is InChI=1S/C15H29NO2/c1-11(2)14(17-4)13(16-3)12-6-9-18-15(10-12)7-5-8-15/h11-14,16H,5-10H2,1-4H3. The molecule has 0 bridgehead atoms. The highest BCUT2D eigenvalue weighted by Gasteiger charge is 2.45. The SMILES string of the molecule is CNC(C1CCOC2(CCC2)C1)C(OC)C(C)C. The molecule has 1 saturated heterocycles. The molecule has 1 heterocycles. The summed E-state index contributed by atoms with van der Waals surface area (Å²) in [7, 11) is 3.91. The summed E-state index contributed by atoms with van der Waals surface area (Å²) in [5.41, 5.74) is 0.229. The van der Waals surface area contributed by atoms with E-state index in [0.717, 1.165) is 6.61 Å². The summed E-state index contributed by atoms with van der Waals surface area (Å²) in [4.78, 5) is 0. The van der Waals surface area contributed by atoms with Gasteiger partial charge >= 0.3 is 0 Å². The average molecular weight is 255 g/mol. The number of hydrogen-bond donors (Lipinski definition) is 1. The van der Waals surface area contributed by atoms with Crippen molar-refractivity contribution in [1.29, 1.82) is 0 Å². The van der Waals surface area contributed by atoms with E-state index in [0.29, 0.717) is 24.0 Å². The third kappa shape index (κ3) is 2.73. The van der Waals surface area contributed by atoms with Crippen molar-refractivity contribution in [1.82, 2.24) is 5.32 Å². The van der Waals surface area contributed by atoms with Gasteiger partial charge in [0.2, 0.25) is 0 Å². The first-order valence-corrected chi connectivity index (χ1v) is 7.46. The normalized spacial score (nSPS) is 30.2. The number of rotatable bonds is 5. The zero-order chi connectivity index (χ0) is 13.2. The van der Waals surface area contributed by atoms with E-state index in [1.54, 1.807) is 0 Å². The Morgan fingerprint density at radius 3 is 2.50 bits per heavy atom. The molecule has 1 saturated carbocycles. The van der Waals surface area contributed by atoms with Gasteiger partial charge in [-0.05, 0) is 51.0 Å². The Morgan fingerprint density at radius 1 is 1.33 bits per heavy atom. The molecule has 106 valence electrons. The summed E-state index contributed by atoms with van der Waals surface area (Å²) >= 11 is 0. The van der Waals surface area contributed by atoms with Crippen LogP contribution >= 0.6 is 0 Å². The smallest absolute Gasteiger partial charge is 0.0749 e. The van der Waals surface area contributed by atoms with Gasteiger partial charge < -0.3 is 14.8 Å². The molecular formula is C15H29NO2. The molecular weight excluding hydrogens is 226 g/mol. The third-order valence-corrected chi connectivity index (χ3v) is 4.92. The number of hydrogen-bond acceptors (Lipinski definition) is 3. The predicted molar refractivity (Wildman–Crippen MR) is 73.7 cm³/mol. The molecule has 1 aliphatic heterocycles. The van der Waals surface area contributed by atoms with Gasteiger partial charge in [-0.3, -0.25) is 0 Å². The highest BCUT2D eigenvalue weighted by molar-refractivity contribution is 4.98. The molecule has 2 fully saturated rings. The van der Waals surface area contributed by atoms with E-state index >= 15 is 0 Å². The van der Waals surface area contributed by atoms with Crippen molar-refractivity contribution in [3.8, 4) is 0 Å². The van der Waals surface area contributed by atoms with Crippen molar-refractivity contribution < 1.29 is 9.47 Å². The Bertz CT molecular complexity index is 263. The van der Waals surface area contributed by atoms with E-state index in [1.165, 1.54) is 32.1 Å². The van der Waals surface area contributed by atoms with Crippen LogP contribution in [0.3, 0.4) is 0 Å². The third-order valence-electron chi connectivity index (χ3n) is 4.92. The molecule has 0 amide bonds. The number of likely N-dealkylation sites (N-methyl/N-ethyl adjacent to an activating group) is 1. The maximum Gasteiger partial charge on any atom is 0.0749 e. The van der Waals surface area contributed by atoms with Gasteiger partial charge in [0, 0.05) is 19.8 Å². The molecule has 2 rings (SSSR count). The zero-order valence-corrected chi connectivity index (χ0v) is 12.4. The molecule has 0 aromatic heterocycles. The van der Waals surface area contributed by atoms with E-state index in [4.69, 9.17) is 9.47 Å². The number of methoxy groups -OCH3 is 1. The molecule has 18 heavy (non-hydrogen) atoms.